The fourth-order valence-corrected chi connectivity index (χ4v) is 4.52. The first kappa shape index (κ1) is 21.8. The summed E-state index contributed by atoms with van der Waals surface area (Å²) in [7, 11) is 3.54. The Kier molecular flexibility index (Phi) is 6.31. The number of aryl methyl sites for hydroxylation is 1. The normalized spacial score (nSPS) is 24.1. The van der Waals surface area contributed by atoms with Crippen LogP contribution in [0.15, 0.2) is 18.6 Å². The molecule has 2 aromatic heterocycles. The average Bonchev–Trinajstić information content (AvgIpc) is 3.20. The topological polar surface area (TPSA) is 81.9 Å². The molecular formula is C22H29F2N5O2. The van der Waals surface area contributed by atoms with Gasteiger partial charge >= 0.3 is 0 Å². The van der Waals surface area contributed by atoms with E-state index < -0.39 is 5.92 Å². The predicted molar refractivity (Wildman–Crippen MR) is 111 cm³/mol. The number of ether oxygens (including phenoxy) is 1. The first-order valence-corrected chi connectivity index (χ1v) is 10.9. The number of carbonyl (C=O) groups excluding carboxylic acids is 1. The summed E-state index contributed by atoms with van der Waals surface area (Å²) in [5.41, 5.74) is 1.60. The Labute approximate surface area is 180 Å². The number of aromatic nitrogens is 4. The molecule has 0 aliphatic heterocycles. The molecular weight excluding hydrogens is 404 g/mol. The quantitative estimate of drug-likeness (QED) is 0.774. The molecule has 2 fully saturated rings. The SMILES string of the molecule is COC1CCC(NC(=O)c2cc(C3CCC(F)(F)CC3)nc(-c3cncn3C)n2)CC1. The summed E-state index contributed by atoms with van der Waals surface area (Å²) in [6.07, 6.45) is 7.43. The van der Waals surface area contributed by atoms with Crippen molar-refractivity contribution >= 4 is 5.91 Å². The second-order valence-corrected chi connectivity index (χ2v) is 8.70. The van der Waals surface area contributed by atoms with Gasteiger partial charge < -0.3 is 14.6 Å². The highest BCUT2D eigenvalue weighted by molar-refractivity contribution is 5.93. The highest BCUT2D eigenvalue weighted by Crippen LogP contribution is 2.40. The van der Waals surface area contributed by atoms with Gasteiger partial charge in [0.15, 0.2) is 5.82 Å². The number of alkyl halides is 2. The molecule has 2 aromatic rings. The number of imidazole rings is 1. The van der Waals surface area contributed by atoms with Crippen molar-refractivity contribution in [3.05, 3.63) is 30.0 Å². The molecule has 2 heterocycles. The Hall–Kier alpha value is -2.42. The molecule has 7 nitrogen and oxygen atoms in total. The summed E-state index contributed by atoms with van der Waals surface area (Å²) in [5, 5.41) is 3.08. The first-order valence-electron chi connectivity index (χ1n) is 10.9. The molecule has 0 saturated heterocycles. The summed E-state index contributed by atoms with van der Waals surface area (Å²) in [6.45, 7) is 0. The van der Waals surface area contributed by atoms with Crippen LogP contribution in [0.1, 0.15) is 73.5 Å². The Morgan fingerprint density at radius 2 is 1.87 bits per heavy atom. The van der Waals surface area contributed by atoms with E-state index in [1.807, 2.05) is 7.05 Å². The number of hydrogen-bond acceptors (Lipinski definition) is 5. The molecule has 2 aliphatic carbocycles. The third kappa shape index (κ3) is 5.08. The van der Waals surface area contributed by atoms with Crippen molar-refractivity contribution in [1.82, 2.24) is 24.8 Å². The van der Waals surface area contributed by atoms with Gasteiger partial charge in [-0.25, -0.2) is 23.7 Å². The first-order chi connectivity index (χ1) is 14.8. The van der Waals surface area contributed by atoms with Crippen LogP contribution in [-0.2, 0) is 11.8 Å². The third-order valence-corrected chi connectivity index (χ3v) is 6.50. The van der Waals surface area contributed by atoms with Crippen molar-refractivity contribution < 1.29 is 18.3 Å². The van der Waals surface area contributed by atoms with Crippen LogP contribution in [0.3, 0.4) is 0 Å². The summed E-state index contributed by atoms with van der Waals surface area (Å²) in [5.74, 6) is -2.59. The maximum absolute atomic E-state index is 13.7. The molecule has 31 heavy (non-hydrogen) atoms. The van der Waals surface area contributed by atoms with Gasteiger partial charge in [-0.1, -0.05) is 0 Å². The summed E-state index contributed by atoms with van der Waals surface area (Å²) < 4.78 is 34.5. The van der Waals surface area contributed by atoms with Gasteiger partial charge in [-0.15, -0.1) is 0 Å². The molecule has 0 spiro atoms. The van der Waals surface area contributed by atoms with E-state index in [-0.39, 0.29) is 42.5 Å². The van der Waals surface area contributed by atoms with Gasteiger partial charge in [0.1, 0.15) is 11.4 Å². The number of methoxy groups -OCH3 is 1. The molecule has 0 radical (unpaired) electrons. The summed E-state index contributed by atoms with van der Waals surface area (Å²) >= 11 is 0. The minimum Gasteiger partial charge on any atom is -0.381 e. The molecule has 1 amide bonds. The predicted octanol–water partition coefficient (Wildman–Crippen LogP) is 3.86. The molecule has 0 atom stereocenters. The van der Waals surface area contributed by atoms with Crippen molar-refractivity contribution in [2.45, 2.75) is 75.4 Å². The second kappa shape index (κ2) is 8.98. The smallest absolute Gasteiger partial charge is 0.270 e. The van der Waals surface area contributed by atoms with Crippen molar-refractivity contribution in [2.24, 2.45) is 7.05 Å². The van der Waals surface area contributed by atoms with Gasteiger partial charge in [0, 0.05) is 44.7 Å². The van der Waals surface area contributed by atoms with Gasteiger partial charge in [-0.3, -0.25) is 4.79 Å². The fourth-order valence-electron chi connectivity index (χ4n) is 4.52. The summed E-state index contributed by atoms with van der Waals surface area (Å²) in [4.78, 5) is 26.3. The number of nitrogens with one attached hydrogen (secondary N) is 1. The number of nitrogens with zero attached hydrogens (tertiary/aromatic N) is 4. The van der Waals surface area contributed by atoms with Crippen LogP contribution in [0.25, 0.3) is 11.5 Å². The van der Waals surface area contributed by atoms with Crippen LogP contribution < -0.4 is 5.32 Å². The third-order valence-electron chi connectivity index (χ3n) is 6.50. The summed E-state index contributed by atoms with van der Waals surface area (Å²) in [6, 6.07) is 1.75. The van der Waals surface area contributed by atoms with Gasteiger partial charge in [-0.05, 0) is 44.6 Å². The molecule has 2 saturated carbocycles. The molecule has 9 heteroatoms. The van der Waals surface area contributed by atoms with Crippen LogP contribution in [0.2, 0.25) is 0 Å². The van der Waals surface area contributed by atoms with Crippen molar-refractivity contribution in [3.8, 4) is 11.5 Å². The number of rotatable bonds is 5. The van der Waals surface area contributed by atoms with E-state index in [1.165, 1.54) is 0 Å². The lowest BCUT2D eigenvalue weighted by Gasteiger charge is -2.29. The van der Waals surface area contributed by atoms with E-state index in [9.17, 15) is 13.6 Å². The largest absolute Gasteiger partial charge is 0.381 e. The lowest BCUT2D eigenvalue weighted by molar-refractivity contribution is -0.0384. The zero-order valence-corrected chi connectivity index (χ0v) is 18.0. The van der Waals surface area contributed by atoms with Crippen LogP contribution in [0, 0.1) is 0 Å². The molecule has 2 aliphatic rings. The minimum atomic E-state index is -2.62. The van der Waals surface area contributed by atoms with Crippen molar-refractivity contribution in [2.75, 3.05) is 7.11 Å². The monoisotopic (exact) mass is 433 g/mol. The zero-order valence-electron chi connectivity index (χ0n) is 18.0. The van der Waals surface area contributed by atoms with E-state index in [4.69, 9.17) is 4.74 Å². The van der Waals surface area contributed by atoms with Crippen LogP contribution in [-0.4, -0.2) is 50.6 Å². The van der Waals surface area contributed by atoms with Gasteiger partial charge in [0.2, 0.25) is 5.92 Å². The average molecular weight is 434 g/mol. The maximum Gasteiger partial charge on any atom is 0.270 e. The Morgan fingerprint density at radius 1 is 1.16 bits per heavy atom. The molecule has 1 N–H and O–H groups in total. The van der Waals surface area contributed by atoms with E-state index in [0.717, 1.165) is 25.7 Å². The second-order valence-electron chi connectivity index (χ2n) is 8.70. The highest BCUT2D eigenvalue weighted by Gasteiger charge is 2.36. The fraction of sp³-hybridized carbons (Fsp3) is 0.636. The van der Waals surface area contributed by atoms with Crippen LogP contribution in [0.5, 0.6) is 0 Å². The van der Waals surface area contributed by atoms with Crippen LogP contribution >= 0.6 is 0 Å². The zero-order chi connectivity index (χ0) is 22.0. The van der Waals surface area contributed by atoms with Gasteiger partial charge in [-0.2, -0.15) is 0 Å². The lowest BCUT2D eigenvalue weighted by Crippen LogP contribution is -2.39. The minimum absolute atomic E-state index is 0.0749. The number of amides is 1. The molecule has 0 unspecified atom stereocenters. The van der Waals surface area contributed by atoms with Crippen molar-refractivity contribution in [1.29, 1.82) is 0 Å². The van der Waals surface area contributed by atoms with Gasteiger partial charge in [0.25, 0.3) is 5.91 Å². The Bertz CT molecular complexity index is 914. The molecule has 168 valence electrons. The molecule has 0 aromatic carbocycles. The van der Waals surface area contributed by atoms with E-state index in [1.54, 1.807) is 30.3 Å². The number of carbonyl (C=O) groups is 1. The van der Waals surface area contributed by atoms with Gasteiger partial charge in [0.05, 0.1) is 18.6 Å². The Morgan fingerprint density at radius 3 is 2.48 bits per heavy atom. The standard InChI is InChI=1S/C22H29F2N5O2/c1-29-13-25-12-19(29)20-27-17(14-7-9-22(23,24)10-8-14)11-18(28-20)21(30)26-15-3-5-16(31-2)6-4-15/h11-16H,3-10H2,1-2H3,(H,26,30). The lowest BCUT2D eigenvalue weighted by atomic mass is 9.84. The van der Waals surface area contributed by atoms with E-state index in [2.05, 4.69) is 20.3 Å². The van der Waals surface area contributed by atoms with Crippen LogP contribution in [0.4, 0.5) is 8.78 Å². The van der Waals surface area contributed by atoms with Crippen molar-refractivity contribution in [3.63, 3.8) is 0 Å². The Balaban J connectivity index is 1.57. The highest BCUT2D eigenvalue weighted by atomic mass is 19.3. The number of halogens is 2. The number of hydrogen-bond donors (Lipinski definition) is 1. The molecule has 4 rings (SSSR count). The van der Waals surface area contributed by atoms with E-state index in [0.29, 0.717) is 30.1 Å². The maximum atomic E-state index is 13.7. The van der Waals surface area contributed by atoms with E-state index >= 15 is 0 Å². The molecule has 0 bridgehead atoms.